The second-order valence-corrected chi connectivity index (χ2v) is 10.9. The molecule has 5 rings (SSSR count). The quantitative estimate of drug-likeness (QED) is 0.389. The van der Waals surface area contributed by atoms with Crippen molar-refractivity contribution in [3.63, 3.8) is 0 Å². The number of fused-ring (bicyclic) bond motifs is 1. The summed E-state index contributed by atoms with van der Waals surface area (Å²) in [7, 11) is 1.68. The van der Waals surface area contributed by atoms with Crippen molar-refractivity contribution in [2.45, 2.75) is 57.0 Å². The van der Waals surface area contributed by atoms with Gasteiger partial charge in [0.2, 0.25) is 0 Å². The van der Waals surface area contributed by atoms with Crippen molar-refractivity contribution < 1.29 is 19.4 Å². The molecule has 1 aliphatic heterocycles. The van der Waals surface area contributed by atoms with E-state index in [2.05, 4.69) is 11.0 Å². The van der Waals surface area contributed by atoms with Crippen molar-refractivity contribution in [2.75, 3.05) is 33.4 Å². The Hall–Kier alpha value is -2.41. The number of carbonyl (C=O) groups excluding carboxylic acids is 1. The number of piperidine rings is 1. The fraction of sp³-hybridized carbons (Fsp3) is 0.483. The summed E-state index contributed by atoms with van der Waals surface area (Å²) in [6.07, 6.45) is 7.60. The number of carbonyl (C=O) groups is 1. The van der Waals surface area contributed by atoms with Gasteiger partial charge < -0.3 is 14.6 Å². The Balaban J connectivity index is 1.32. The van der Waals surface area contributed by atoms with E-state index in [1.165, 1.54) is 24.1 Å². The van der Waals surface area contributed by atoms with E-state index in [1.54, 1.807) is 18.4 Å². The van der Waals surface area contributed by atoms with E-state index in [0.29, 0.717) is 18.1 Å². The SMILES string of the molecule is COc1ccc2c(C(=O)c3ccc(OCCN4CCC(O)CC4)cc3)c(C3CCCCC3)sc2c1. The molecule has 1 saturated heterocycles. The van der Waals surface area contributed by atoms with E-state index in [9.17, 15) is 9.90 Å². The highest BCUT2D eigenvalue weighted by Crippen LogP contribution is 2.44. The maximum Gasteiger partial charge on any atom is 0.194 e. The minimum absolute atomic E-state index is 0.0976. The minimum atomic E-state index is -0.154. The maximum absolute atomic E-state index is 13.8. The number of nitrogens with zero attached hydrogens (tertiary/aromatic N) is 1. The smallest absolute Gasteiger partial charge is 0.194 e. The van der Waals surface area contributed by atoms with Gasteiger partial charge in [-0.2, -0.15) is 0 Å². The third kappa shape index (κ3) is 5.55. The average Bonchev–Trinajstić information content (AvgIpc) is 3.29. The number of thiophene rings is 1. The Morgan fingerprint density at radius 2 is 1.71 bits per heavy atom. The van der Waals surface area contributed by atoms with Crippen LogP contribution in [0.5, 0.6) is 11.5 Å². The zero-order valence-electron chi connectivity index (χ0n) is 20.5. The van der Waals surface area contributed by atoms with E-state index in [4.69, 9.17) is 9.47 Å². The monoisotopic (exact) mass is 493 g/mol. The molecule has 2 aliphatic rings. The van der Waals surface area contributed by atoms with Gasteiger partial charge in [-0.25, -0.2) is 0 Å². The molecule has 0 atom stereocenters. The molecule has 5 nitrogen and oxygen atoms in total. The first kappa shape index (κ1) is 24.3. The molecule has 186 valence electrons. The molecular weight excluding hydrogens is 458 g/mol. The van der Waals surface area contributed by atoms with Crippen LogP contribution in [0.1, 0.15) is 71.7 Å². The van der Waals surface area contributed by atoms with E-state index < -0.39 is 0 Å². The van der Waals surface area contributed by atoms with Crippen LogP contribution in [0.25, 0.3) is 10.1 Å². The summed E-state index contributed by atoms with van der Waals surface area (Å²) >= 11 is 1.76. The number of benzene rings is 2. The number of hydrogen-bond donors (Lipinski definition) is 1. The summed E-state index contributed by atoms with van der Waals surface area (Å²) in [4.78, 5) is 17.4. The third-order valence-electron chi connectivity index (χ3n) is 7.48. The van der Waals surface area contributed by atoms with Gasteiger partial charge in [-0.1, -0.05) is 19.3 Å². The third-order valence-corrected chi connectivity index (χ3v) is 8.79. The Kier molecular flexibility index (Phi) is 7.71. The predicted octanol–water partition coefficient (Wildman–Crippen LogP) is 6.02. The second kappa shape index (κ2) is 11.1. The number of hydrogen-bond acceptors (Lipinski definition) is 6. The number of aliphatic hydroxyl groups excluding tert-OH is 1. The van der Waals surface area contributed by atoms with Crippen molar-refractivity contribution in [3.05, 3.63) is 58.5 Å². The fourth-order valence-corrected chi connectivity index (χ4v) is 6.79. The average molecular weight is 494 g/mol. The zero-order chi connectivity index (χ0) is 24.2. The van der Waals surface area contributed by atoms with E-state index in [-0.39, 0.29) is 11.9 Å². The lowest BCUT2D eigenvalue weighted by Gasteiger charge is -2.29. The Morgan fingerprint density at radius 3 is 2.43 bits per heavy atom. The van der Waals surface area contributed by atoms with Crippen LogP contribution < -0.4 is 9.47 Å². The molecule has 0 bridgehead atoms. The van der Waals surface area contributed by atoms with Gasteiger partial charge in [-0.05, 0) is 74.1 Å². The van der Waals surface area contributed by atoms with Gasteiger partial charge in [-0.15, -0.1) is 11.3 Å². The number of methoxy groups -OCH3 is 1. The van der Waals surface area contributed by atoms with Crippen molar-refractivity contribution in [2.24, 2.45) is 0 Å². The predicted molar refractivity (Wildman–Crippen MR) is 141 cm³/mol. The summed E-state index contributed by atoms with van der Waals surface area (Å²) in [6.45, 7) is 3.29. The molecule has 0 unspecified atom stereocenters. The molecule has 35 heavy (non-hydrogen) atoms. The van der Waals surface area contributed by atoms with Gasteiger partial charge in [0.25, 0.3) is 0 Å². The summed E-state index contributed by atoms with van der Waals surface area (Å²) in [5, 5.41) is 10.7. The van der Waals surface area contributed by atoms with Crippen LogP contribution in [-0.2, 0) is 0 Å². The Labute approximate surface area is 211 Å². The van der Waals surface area contributed by atoms with Crippen molar-refractivity contribution >= 4 is 27.2 Å². The normalized spacial score (nSPS) is 18.1. The van der Waals surface area contributed by atoms with Gasteiger partial charge in [0.1, 0.15) is 18.1 Å². The molecule has 1 N–H and O–H groups in total. The van der Waals surface area contributed by atoms with Crippen molar-refractivity contribution in [1.82, 2.24) is 4.90 Å². The molecule has 1 aromatic heterocycles. The topological polar surface area (TPSA) is 59.0 Å². The number of rotatable bonds is 8. The first-order valence-electron chi connectivity index (χ1n) is 12.9. The molecule has 2 fully saturated rings. The number of ether oxygens (including phenoxy) is 2. The van der Waals surface area contributed by atoms with E-state index in [0.717, 1.165) is 72.5 Å². The van der Waals surface area contributed by atoms with Gasteiger partial charge in [-0.3, -0.25) is 9.69 Å². The molecule has 1 saturated carbocycles. The molecule has 3 aromatic rings. The van der Waals surface area contributed by atoms with Crippen molar-refractivity contribution in [3.8, 4) is 11.5 Å². The summed E-state index contributed by atoms with van der Waals surface area (Å²) in [6, 6.07) is 13.7. The van der Waals surface area contributed by atoms with Gasteiger partial charge in [0, 0.05) is 45.7 Å². The molecule has 0 spiro atoms. The van der Waals surface area contributed by atoms with Crippen LogP contribution >= 0.6 is 11.3 Å². The van der Waals surface area contributed by atoms with Crippen molar-refractivity contribution in [1.29, 1.82) is 0 Å². The van der Waals surface area contributed by atoms with E-state index in [1.807, 2.05) is 36.4 Å². The van der Waals surface area contributed by atoms with Crippen LogP contribution in [-0.4, -0.2) is 55.2 Å². The minimum Gasteiger partial charge on any atom is -0.497 e. The zero-order valence-corrected chi connectivity index (χ0v) is 21.3. The highest BCUT2D eigenvalue weighted by atomic mass is 32.1. The van der Waals surface area contributed by atoms with Gasteiger partial charge in [0.05, 0.1) is 13.2 Å². The molecule has 6 heteroatoms. The highest BCUT2D eigenvalue weighted by molar-refractivity contribution is 7.19. The first-order chi connectivity index (χ1) is 17.1. The Bertz CT molecular complexity index is 1140. The molecule has 0 amide bonds. The summed E-state index contributed by atoms with van der Waals surface area (Å²) < 4.78 is 12.5. The highest BCUT2D eigenvalue weighted by Gasteiger charge is 2.27. The van der Waals surface area contributed by atoms with E-state index >= 15 is 0 Å². The molecule has 2 heterocycles. The first-order valence-corrected chi connectivity index (χ1v) is 13.7. The van der Waals surface area contributed by atoms with Gasteiger partial charge >= 0.3 is 0 Å². The largest absolute Gasteiger partial charge is 0.497 e. The molecular formula is C29H35NO4S. The van der Waals surface area contributed by atoms with Crippen LogP contribution in [0.3, 0.4) is 0 Å². The Morgan fingerprint density at radius 1 is 1.00 bits per heavy atom. The van der Waals surface area contributed by atoms with Crippen LogP contribution in [0.4, 0.5) is 0 Å². The fourth-order valence-electron chi connectivity index (χ4n) is 5.39. The maximum atomic E-state index is 13.8. The summed E-state index contributed by atoms with van der Waals surface area (Å²) in [5.41, 5.74) is 1.58. The molecule has 0 radical (unpaired) electrons. The lowest BCUT2D eigenvalue weighted by molar-refractivity contribution is 0.0755. The molecule has 1 aliphatic carbocycles. The standard InChI is InChI=1S/C29H35NO4S/c1-33-24-11-12-25-26(19-24)35-29(21-5-3-2-4-6-21)27(25)28(32)20-7-9-23(10-8-20)34-18-17-30-15-13-22(31)14-16-30/h7-12,19,21-22,31H,2-6,13-18H2,1H3. The van der Waals surface area contributed by atoms with Crippen LogP contribution in [0, 0.1) is 0 Å². The van der Waals surface area contributed by atoms with Crippen LogP contribution in [0.2, 0.25) is 0 Å². The number of ketones is 1. The summed E-state index contributed by atoms with van der Waals surface area (Å²) in [5.74, 6) is 2.17. The van der Waals surface area contributed by atoms with Crippen LogP contribution in [0.15, 0.2) is 42.5 Å². The number of aliphatic hydroxyl groups is 1. The second-order valence-electron chi connectivity index (χ2n) is 9.81. The van der Waals surface area contributed by atoms with Gasteiger partial charge in [0.15, 0.2) is 5.78 Å². The number of likely N-dealkylation sites (tertiary alicyclic amines) is 1. The lowest BCUT2D eigenvalue weighted by Crippen LogP contribution is -2.38. The molecule has 2 aromatic carbocycles. The lowest BCUT2D eigenvalue weighted by atomic mass is 9.85.